The van der Waals surface area contributed by atoms with Crippen LogP contribution in [0.4, 0.5) is 5.69 Å². The van der Waals surface area contributed by atoms with Gasteiger partial charge < -0.3 is 9.64 Å². The third-order valence-electron chi connectivity index (χ3n) is 4.50. The predicted octanol–water partition coefficient (Wildman–Crippen LogP) is 2.89. The molecule has 0 unspecified atom stereocenters. The van der Waals surface area contributed by atoms with E-state index >= 15 is 0 Å². The lowest BCUT2D eigenvalue weighted by molar-refractivity contribution is 0.0302. The van der Waals surface area contributed by atoms with Gasteiger partial charge in [-0.3, -0.25) is 9.52 Å². The van der Waals surface area contributed by atoms with E-state index in [1.165, 1.54) is 6.07 Å². The van der Waals surface area contributed by atoms with Gasteiger partial charge in [0, 0.05) is 24.3 Å². The molecule has 27 heavy (non-hydrogen) atoms. The summed E-state index contributed by atoms with van der Waals surface area (Å²) in [4.78, 5) is 14.5. The molecule has 1 heterocycles. The average molecular weight is 388 g/mol. The zero-order valence-electron chi connectivity index (χ0n) is 15.8. The molecule has 144 valence electrons. The molecule has 3 rings (SSSR count). The van der Waals surface area contributed by atoms with Crippen molar-refractivity contribution in [1.29, 1.82) is 0 Å². The monoisotopic (exact) mass is 388 g/mol. The Balaban J connectivity index is 1.91. The number of hydrogen-bond donors (Lipinski definition) is 1. The van der Waals surface area contributed by atoms with Crippen LogP contribution in [0.15, 0.2) is 41.3 Å². The minimum Gasteiger partial charge on any atom is -0.378 e. The van der Waals surface area contributed by atoms with E-state index in [0.29, 0.717) is 43.1 Å². The second kappa shape index (κ2) is 7.70. The van der Waals surface area contributed by atoms with Gasteiger partial charge >= 0.3 is 0 Å². The lowest BCUT2D eigenvalue weighted by atomic mass is 10.1. The summed E-state index contributed by atoms with van der Waals surface area (Å²) in [5.74, 6) is -0.179. The van der Waals surface area contributed by atoms with Crippen molar-refractivity contribution in [2.24, 2.45) is 0 Å². The zero-order valence-corrected chi connectivity index (χ0v) is 16.6. The Hall–Kier alpha value is -2.38. The third-order valence-corrected chi connectivity index (χ3v) is 6.02. The summed E-state index contributed by atoms with van der Waals surface area (Å²) in [7, 11) is -3.81. The van der Waals surface area contributed by atoms with Crippen LogP contribution in [0.1, 0.15) is 27.0 Å². The Morgan fingerprint density at radius 3 is 2.26 bits per heavy atom. The first-order valence-corrected chi connectivity index (χ1v) is 10.3. The van der Waals surface area contributed by atoms with E-state index in [0.717, 1.165) is 11.1 Å². The van der Waals surface area contributed by atoms with Gasteiger partial charge in [-0.1, -0.05) is 12.1 Å². The lowest BCUT2D eigenvalue weighted by Gasteiger charge is -2.27. The lowest BCUT2D eigenvalue weighted by Crippen LogP contribution is -2.40. The number of anilines is 1. The van der Waals surface area contributed by atoms with Crippen LogP contribution in [-0.2, 0) is 14.8 Å². The molecule has 0 spiro atoms. The van der Waals surface area contributed by atoms with Crippen LogP contribution in [0.25, 0.3) is 0 Å². The highest BCUT2D eigenvalue weighted by molar-refractivity contribution is 7.92. The molecule has 0 saturated carbocycles. The molecule has 1 saturated heterocycles. The molecule has 7 heteroatoms. The fraction of sp³-hybridized carbons (Fsp3) is 0.350. The number of aryl methyl sites for hydroxylation is 3. The van der Waals surface area contributed by atoms with Crippen molar-refractivity contribution in [3.05, 3.63) is 58.7 Å². The van der Waals surface area contributed by atoms with Gasteiger partial charge in [-0.05, 0) is 61.7 Å². The summed E-state index contributed by atoms with van der Waals surface area (Å²) in [5, 5.41) is 0. The van der Waals surface area contributed by atoms with Crippen molar-refractivity contribution in [3.8, 4) is 0 Å². The van der Waals surface area contributed by atoms with E-state index in [9.17, 15) is 13.2 Å². The van der Waals surface area contributed by atoms with E-state index < -0.39 is 10.0 Å². The number of morpholine rings is 1. The molecule has 6 nitrogen and oxygen atoms in total. The summed E-state index contributed by atoms with van der Waals surface area (Å²) in [6.07, 6.45) is 0. The number of carbonyl (C=O) groups excluding carboxylic acids is 1. The molecule has 1 amide bonds. The number of rotatable bonds is 4. The summed E-state index contributed by atoms with van der Waals surface area (Å²) in [6.45, 7) is 7.56. The second-order valence-corrected chi connectivity index (χ2v) is 8.52. The molecule has 0 bridgehead atoms. The molecule has 1 N–H and O–H groups in total. The van der Waals surface area contributed by atoms with Gasteiger partial charge in [0.25, 0.3) is 15.9 Å². The van der Waals surface area contributed by atoms with E-state index in [2.05, 4.69) is 4.72 Å². The van der Waals surface area contributed by atoms with Crippen LogP contribution in [0, 0.1) is 20.8 Å². The van der Waals surface area contributed by atoms with Crippen molar-refractivity contribution in [3.63, 3.8) is 0 Å². The fourth-order valence-electron chi connectivity index (χ4n) is 3.22. The van der Waals surface area contributed by atoms with E-state index in [1.807, 2.05) is 19.9 Å². The van der Waals surface area contributed by atoms with Gasteiger partial charge in [0.1, 0.15) is 0 Å². The number of nitrogens with one attached hydrogen (secondary N) is 1. The zero-order chi connectivity index (χ0) is 19.6. The van der Waals surface area contributed by atoms with Crippen molar-refractivity contribution in [2.45, 2.75) is 25.7 Å². The minimum atomic E-state index is -3.81. The topological polar surface area (TPSA) is 75.7 Å². The molecule has 2 aromatic carbocycles. The van der Waals surface area contributed by atoms with Gasteiger partial charge in [-0.2, -0.15) is 0 Å². The first-order chi connectivity index (χ1) is 12.8. The third kappa shape index (κ3) is 4.48. The number of ether oxygens (including phenoxy) is 1. The number of carbonyl (C=O) groups is 1. The minimum absolute atomic E-state index is 0.112. The van der Waals surface area contributed by atoms with Gasteiger partial charge in [0.05, 0.1) is 18.1 Å². The Bertz CT molecular complexity index is 944. The van der Waals surface area contributed by atoms with Crippen LogP contribution < -0.4 is 4.72 Å². The van der Waals surface area contributed by atoms with Crippen molar-refractivity contribution in [2.75, 3.05) is 31.0 Å². The Kier molecular flexibility index (Phi) is 5.53. The molecule has 1 aliphatic heterocycles. The van der Waals surface area contributed by atoms with E-state index in [1.54, 1.807) is 36.1 Å². The van der Waals surface area contributed by atoms with Gasteiger partial charge in [-0.25, -0.2) is 8.42 Å². The Labute approximate surface area is 160 Å². The molecular formula is C20H24N2O4S. The molecule has 0 aliphatic carbocycles. The normalized spacial score (nSPS) is 14.9. The summed E-state index contributed by atoms with van der Waals surface area (Å²) >= 11 is 0. The van der Waals surface area contributed by atoms with E-state index in [-0.39, 0.29) is 10.8 Å². The molecular weight excluding hydrogens is 364 g/mol. The highest BCUT2D eigenvalue weighted by Gasteiger charge is 2.23. The molecule has 2 aromatic rings. The maximum atomic E-state index is 12.9. The van der Waals surface area contributed by atoms with Crippen LogP contribution >= 0.6 is 0 Å². The summed E-state index contributed by atoms with van der Waals surface area (Å²) in [5.41, 5.74) is 3.41. The molecule has 0 radical (unpaired) electrons. The maximum Gasteiger partial charge on any atom is 0.262 e. The van der Waals surface area contributed by atoms with Crippen LogP contribution in [0.5, 0.6) is 0 Å². The molecule has 1 fully saturated rings. The quantitative estimate of drug-likeness (QED) is 0.874. The summed E-state index contributed by atoms with van der Waals surface area (Å²) in [6, 6.07) is 10.3. The smallest absolute Gasteiger partial charge is 0.262 e. The van der Waals surface area contributed by atoms with Gasteiger partial charge in [-0.15, -0.1) is 0 Å². The summed E-state index contributed by atoms with van der Waals surface area (Å²) < 4.78 is 33.8. The van der Waals surface area contributed by atoms with Gasteiger partial charge in [0.15, 0.2) is 0 Å². The van der Waals surface area contributed by atoms with Crippen LogP contribution in [0.2, 0.25) is 0 Å². The highest BCUT2D eigenvalue weighted by atomic mass is 32.2. The van der Waals surface area contributed by atoms with Crippen molar-refractivity contribution >= 4 is 21.6 Å². The largest absolute Gasteiger partial charge is 0.378 e. The number of sulfonamides is 1. The molecule has 0 aromatic heterocycles. The fourth-order valence-corrected chi connectivity index (χ4v) is 4.53. The van der Waals surface area contributed by atoms with Gasteiger partial charge in [0.2, 0.25) is 0 Å². The first kappa shape index (κ1) is 19.4. The first-order valence-electron chi connectivity index (χ1n) is 8.85. The number of nitrogens with zero attached hydrogens (tertiary/aromatic N) is 1. The molecule has 1 aliphatic rings. The second-order valence-electron chi connectivity index (χ2n) is 6.87. The maximum absolute atomic E-state index is 12.9. The van der Waals surface area contributed by atoms with Crippen LogP contribution in [0.3, 0.4) is 0 Å². The number of amides is 1. The van der Waals surface area contributed by atoms with Crippen LogP contribution in [-0.4, -0.2) is 45.5 Å². The Morgan fingerprint density at radius 2 is 1.63 bits per heavy atom. The predicted molar refractivity (Wildman–Crippen MR) is 105 cm³/mol. The highest BCUT2D eigenvalue weighted by Crippen LogP contribution is 2.23. The standard InChI is InChI=1S/C20H24N2O4S/c1-14-10-15(2)12-18(11-14)21-27(24,25)19-13-17(5-4-16(19)3)20(23)22-6-8-26-9-7-22/h4-5,10-13,21H,6-9H2,1-3H3. The Morgan fingerprint density at radius 1 is 1.00 bits per heavy atom. The van der Waals surface area contributed by atoms with E-state index in [4.69, 9.17) is 4.74 Å². The SMILES string of the molecule is Cc1cc(C)cc(NS(=O)(=O)c2cc(C(=O)N3CCOCC3)ccc2C)c1. The van der Waals surface area contributed by atoms with Crippen molar-refractivity contribution < 1.29 is 17.9 Å². The molecule has 0 atom stereocenters. The number of hydrogen-bond acceptors (Lipinski definition) is 4. The number of benzene rings is 2. The average Bonchev–Trinajstić information content (AvgIpc) is 2.61. The van der Waals surface area contributed by atoms with Crippen molar-refractivity contribution in [1.82, 2.24) is 4.90 Å².